The lowest BCUT2D eigenvalue weighted by Gasteiger charge is -2.17. The largest absolute Gasteiger partial charge is 0.311 e. The van der Waals surface area contributed by atoms with Gasteiger partial charge in [-0.2, -0.15) is 5.26 Å². The van der Waals surface area contributed by atoms with Crippen LogP contribution in [0.2, 0.25) is 5.02 Å². The van der Waals surface area contributed by atoms with Crippen molar-refractivity contribution in [2.24, 2.45) is 7.05 Å². The normalized spacial score (nSPS) is 11.5. The van der Waals surface area contributed by atoms with Gasteiger partial charge in [0, 0.05) is 23.0 Å². The van der Waals surface area contributed by atoms with E-state index in [1.165, 1.54) is 0 Å². The quantitative estimate of drug-likeness (QED) is 0.791. The van der Waals surface area contributed by atoms with Crippen molar-refractivity contribution in [2.45, 2.75) is 19.3 Å². The molecule has 0 aliphatic rings. The van der Waals surface area contributed by atoms with Crippen molar-refractivity contribution in [3.8, 4) is 6.07 Å². The Balaban J connectivity index is 2.91. The summed E-state index contributed by atoms with van der Waals surface area (Å²) in [7, 11) is 1.70. The standard InChI is InChI=1S/C14H13ClN2O/c1-14(2,8-16)11-7-9-6-10(15)4-5-12(9)17(3)13(11)18/h4-7H,1-3H3. The van der Waals surface area contributed by atoms with Gasteiger partial charge in [0.05, 0.1) is 17.0 Å². The van der Waals surface area contributed by atoms with Crippen LogP contribution in [0.4, 0.5) is 0 Å². The molecule has 0 aliphatic heterocycles. The highest BCUT2D eigenvalue weighted by atomic mass is 35.5. The van der Waals surface area contributed by atoms with Gasteiger partial charge in [-0.15, -0.1) is 0 Å². The molecule has 0 saturated carbocycles. The molecule has 18 heavy (non-hydrogen) atoms. The number of rotatable bonds is 1. The minimum Gasteiger partial charge on any atom is -0.311 e. The lowest BCUT2D eigenvalue weighted by atomic mass is 9.86. The summed E-state index contributed by atoms with van der Waals surface area (Å²) < 4.78 is 1.56. The maximum Gasteiger partial charge on any atom is 0.255 e. The van der Waals surface area contributed by atoms with E-state index in [0.29, 0.717) is 10.6 Å². The third kappa shape index (κ3) is 1.89. The smallest absolute Gasteiger partial charge is 0.255 e. The summed E-state index contributed by atoms with van der Waals surface area (Å²) in [4.78, 5) is 12.3. The first-order valence-corrected chi connectivity index (χ1v) is 5.95. The topological polar surface area (TPSA) is 45.8 Å². The first kappa shape index (κ1) is 12.7. The Labute approximate surface area is 110 Å². The Bertz CT molecular complexity index is 723. The molecule has 2 aromatic rings. The lowest BCUT2D eigenvalue weighted by Crippen LogP contribution is -2.30. The van der Waals surface area contributed by atoms with Crippen LogP contribution in [-0.2, 0) is 12.5 Å². The van der Waals surface area contributed by atoms with Crippen molar-refractivity contribution in [3.05, 3.63) is 45.2 Å². The number of aryl methyl sites for hydroxylation is 1. The van der Waals surface area contributed by atoms with Gasteiger partial charge >= 0.3 is 0 Å². The molecule has 0 amide bonds. The van der Waals surface area contributed by atoms with E-state index in [1.807, 2.05) is 6.07 Å². The zero-order valence-electron chi connectivity index (χ0n) is 10.5. The van der Waals surface area contributed by atoms with Gasteiger partial charge in [-0.25, -0.2) is 0 Å². The number of pyridine rings is 1. The fourth-order valence-electron chi connectivity index (χ4n) is 1.96. The monoisotopic (exact) mass is 260 g/mol. The fourth-order valence-corrected chi connectivity index (χ4v) is 2.14. The molecule has 0 spiro atoms. The van der Waals surface area contributed by atoms with E-state index in [-0.39, 0.29) is 5.56 Å². The molecule has 0 bridgehead atoms. The van der Waals surface area contributed by atoms with Crippen molar-refractivity contribution >= 4 is 22.5 Å². The molecule has 0 radical (unpaired) electrons. The summed E-state index contributed by atoms with van der Waals surface area (Å²) in [5.41, 5.74) is 0.339. The van der Waals surface area contributed by atoms with E-state index in [1.54, 1.807) is 43.7 Å². The van der Waals surface area contributed by atoms with Gasteiger partial charge in [0.15, 0.2) is 0 Å². The number of nitrogens with zero attached hydrogens (tertiary/aromatic N) is 2. The van der Waals surface area contributed by atoms with Crippen LogP contribution < -0.4 is 5.56 Å². The van der Waals surface area contributed by atoms with Crippen LogP contribution in [0.3, 0.4) is 0 Å². The van der Waals surface area contributed by atoms with Gasteiger partial charge < -0.3 is 4.57 Å². The number of fused-ring (bicyclic) bond motifs is 1. The van der Waals surface area contributed by atoms with Crippen LogP contribution in [0.25, 0.3) is 10.9 Å². The summed E-state index contributed by atoms with van der Waals surface area (Å²) in [6.45, 7) is 3.47. The SMILES string of the molecule is Cn1c(=O)c(C(C)(C)C#N)cc2cc(Cl)ccc21. The predicted octanol–water partition coefficient (Wildman–Crippen LogP) is 2.99. The van der Waals surface area contributed by atoms with Gasteiger partial charge in [-0.3, -0.25) is 4.79 Å². The molecule has 1 aromatic carbocycles. The highest BCUT2D eigenvalue weighted by Gasteiger charge is 2.24. The predicted molar refractivity (Wildman–Crippen MR) is 72.8 cm³/mol. The Morgan fingerprint density at radius 1 is 1.33 bits per heavy atom. The molecule has 0 unspecified atom stereocenters. The second-order valence-corrected chi connectivity index (χ2v) is 5.30. The highest BCUT2D eigenvalue weighted by molar-refractivity contribution is 6.31. The Morgan fingerprint density at radius 2 is 2.00 bits per heavy atom. The van der Waals surface area contributed by atoms with Gasteiger partial charge in [0.1, 0.15) is 0 Å². The molecule has 92 valence electrons. The van der Waals surface area contributed by atoms with Crippen molar-refractivity contribution < 1.29 is 0 Å². The second kappa shape index (κ2) is 4.15. The zero-order valence-corrected chi connectivity index (χ0v) is 11.2. The second-order valence-electron chi connectivity index (χ2n) is 4.86. The summed E-state index contributed by atoms with van der Waals surface area (Å²) >= 11 is 5.96. The maximum atomic E-state index is 12.3. The maximum absolute atomic E-state index is 12.3. The van der Waals surface area contributed by atoms with Crippen LogP contribution in [0, 0.1) is 11.3 Å². The molecule has 2 rings (SSSR count). The molecule has 0 N–H and O–H groups in total. The number of nitriles is 1. The molecule has 0 saturated heterocycles. The third-order valence-corrected chi connectivity index (χ3v) is 3.37. The van der Waals surface area contributed by atoms with E-state index in [4.69, 9.17) is 16.9 Å². The lowest BCUT2D eigenvalue weighted by molar-refractivity contribution is 0.665. The number of hydrogen-bond acceptors (Lipinski definition) is 2. The number of halogens is 1. The van der Waals surface area contributed by atoms with Crippen molar-refractivity contribution in [3.63, 3.8) is 0 Å². The molecule has 0 aliphatic carbocycles. The summed E-state index contributed by atoms with van der Waals surface area (Å²) in [6.07, 6.45) is 0. The van der Waals surface area contributed by atoms with Crippen LogP contribution in [0.1, 0.15) is 19.4 Å². The van der Waals surface area contributed by atoms with Crippen molar-refractivity contribution in [1.29, 1.82) is 5.26 Å². The first-order valence-electron chi connectivity index (χ1n) is 5.58. The average Bonchev–Trinajstić information content (AvgIpc) is 2.33. The molecule has 1 heterocycles. The summed E-state index contributed by atoms with van der Waals surface area (Å²) in [5, 5.41) is 10.6. The minimum absolute atomic E-state index is 0.142. The Morgan fingerprint density at radius 3 is 2.61 bits per heavy atom. The van der Waals surface area contributed by atoms with Crippen LogP contribution in [-0.4, -0.2) is 4.57 Å². The molecule has 1 aromatic heterocycles. The van der Waals surface area contributed by atoms with E-state index in [0.717, 1.165) is 10.9 Å². The fraction of sp³-hybridized carbons (Fsp3) is 0.286. The number of hydrogen-bond donors (Lipinski definition) is 0. The molecule has 0 fully saturated rings. The first-order chi connectivity index (χ1) is 8.36. The highest BCUT2D eigenvalue weighted by Crippen LogP contribution is 2.24. The number of benzene rings is 1. The van der Waals surface area contributed by atoms with E-state index in [9.17, 15) is 4.79 Å². The molecule has 3 nitrogen and oxygen atoms in total. The Hall–Kier alpha value is -1.79. The molecule has 0 atom stereocenters. The number of aromatic nitrogens is 1. The Kier molecular flexibility index (Phi) is 2.92. The van der Waals surface area contributed by atoms with Gasteiger partial charge in [-0.05, 0) is 38.1 Å². The zero-order chi connectivity index (χ0) is 13.5. The van der Waals surface area contributed by atoms with Crippen molar-refractivity contribution in [2.75, 3.05) is 0 Å². The van der Waals surface area contributed by atoms with Crippen LogP contribution >= 0.6 is 11.6 Å². The molecular weight excluding hydrogens is 248 g/mol. The summed E-state index contributed by atoms with van der Waals surface area (Å²) in [6, 6.07) is 9.27. The van der Waals surface area contributed by atoms with Crippen LogP contribution in [0.15, 0.2) is 29.1 Å². The van der Waals surface area contributed by atoms with Gasteiger partial charge in [0.25, 0.3) is 5.56 Å². The van der Waals surface area contributed by atoms with E-state index < -0.39 is 5.41 Å². The van der Waals surface area contributed by atoms with E-state index in [2.05, 4.69) is 6.07 Å². The average molecular weight is 261 g/mol. The van der Waals surface area contributed by atoms with Gasteiger partial charge in [0.2, 0.25) is 0 Å². The minimum atomic E-state index is -0.814. The summed E-state index contributed by atoms with van der Waals surface area (Å²) in [5.74, 6) is 0. The van der Waals surface area contributed by atoms with Crippen molar-refractivity contribution in [1.82, 2.24) is 4.57 Å². The van der Waals surface area contributed by atoms with Crippen LogP contribution in [0.5, 0.6) is 0 Å². The third-order valence-electron chi connectivity index (χ3n) is 3.14. The molecule has 4 heteroatoms. The van der Waals surface area contributed by atoms with Gasteiger partial charge in [-0.1, -0.05) is 11.6 Å². The van der Waals surface area contributed by atoms with E-state index >= 15 is 0 Å². The molecular formula is C14H13ClN2O.